The minimum Gasteiger partial charge on any atom is -0.464 e. The highest BCUT2D eigenvalue weighted by molar-refractivity contribution is 6.30. The lowest BCUT2D eigenvalue weighted by molar-refractivity contribution is -0.133. The molecule has 0 saturated heterocycles. The molecule has 0 amide bonds. The normalized spacial score (nSPS) is 10.8. The molecular formula is C17H13ClO3. The minimum atomic E-state index is -0.333. The maximum absolute atomic E-state index is 12.0. The predicted molar refractivity (Wildman–Crippen MR) is 81.7 cm³/mol. The van der Waals surface area contributed by atoms with Crippen LogP contribution in [-0.4, -0.2) is 5.97 Å². The number of aryl methyl sites for hydroxylation is 1. The SMILES string of the molecule is Cc1ccc2c(CC(=O)Oc3ccc(Cl)cc3)coc2c1. The van der Waals surface area contributed by atoms with E-state index in [1.54, 1.807) is 30.5 Å². The molecule has 0 saturated carbocycles. The molecule has 0 N–H and O–H groups in total. The summed E-state index contributed by atoms with van der Waals surface area (Å²) in [6.07, 6.45) is 1.77. The first-order valence-electron chi connectivity index (χ1n) is 6.55. The van der Waals surface area contributed by atoms with Gasteiger partial charge in [-0.25, -0.2) is 0 Å². The van der Waals surface area contributed by atoms with Crippen molar-refractivity contribution in [1.82, 2.24) is 0 Å². The Bertz CT molecular complexity index is 787. The molecule has 106 valence electrons. The van der Waals surface area contributed by atoms with Gasteiger partial charge in [-0.15, -0.1) is 0 Å². The van der Waals surface area contributed by atoms with Gasteiger partial charge in [0.05, 0.1) is 12.7 Å². The van der Waals surface area contributed by atoms with Gasteiger partial charge in [0.25, 0.3) is 0 Å². The minimum absolute atomic E-state index is 0.165. The highest BCUT2D eigenvalue weighted by Gasteiger charge is 2.12. The monoisotopic (exact) mass is 300 g/mol. The molecule has 0 unspecified atom stereocenters. The van der Waals surface area contributed by atoms with Crippen molar-refractivity contribution in [3.63, 3.8) is 0 Å². The van der Waals surface area contributed by atoms with Crippen LogP contribution in [0.2, 0.25) is 5.02 Å². The summed E-state index contributed by atoms with van der Waals surface area (Å²) in [6, 6.07) is 12.6. The van der Waals surface area contributed by atoms with Gasteiger partial charge in [-0.05, 0) is 42.8 Å². The van der Waals surface area contributed by atoms with Crippen molar-refractivity contribution in [3.05, 3.63) is 64.9 Å². The van der Waals surface area contributed by atoms with Crippen LogP contribution in [0.4, 0.5) is 0 Å². The van der Waals surface area contributed by atoms with Crippen molar-refractivity contribution in [3.8, 4) is 5.75 Å². The van der Waals surface area contributed by atoms with Gasteiger partial charge in [0.2, 0.25) is 0 Å². The van der Waals surface area contributed by atoms with Gasteiger partial charge in [0.1, 0.15) is 11.3 Å². The fourth-order valence-electron chi connectivity index (χ4n) is 2.15. The summed E-state index contributed by atoms with van der Waals surface area (Å²) >= 11 is 5.79. The molecule has 0 atom stereocenters. The van der Waals surface area contributed by atoms with Crippen LogP contribution >= 0.6 is 11.6 Å². The van der Waals surface area contributed by atoms with Crippen LogP contribution in [0.5, 0.6) is 5.75 Å². The van der Waals surface area contributed by atoms with Crippen molar-refractivity contribution in [2.75, 3.05) is 0 Å². The van der Waals surface area contributed by atoms with Crippen molar-refractivity contribution >= 4 is 28.5 Å². The lowest BCUT2D eigenvalue weighted by Gasteiger charge is -2.03. The Morgan fingerprint density at radius 2 is 1.95 bits per heavy atom. The van der Waals surface area contributed by atoms with Crippen LogP contribution in [0, 0.1) is 6.92 Å². The zero-order valence-corrected chi connectivity index (χ0v) is 12.2. The molecule has 21 heavy (non-hydrogen) atoms. The first kappa shape index (κ1) is 13.7. The molecule has 1 aromatic heterocycles. The summed E-state index contributed by atoms with van der Waals surface area (Å²) < 4.78 is 10.7. The topological polar surface area (TPSA) is 39.4 Å². The summed E-state index contributed by atoms with van der Waals surface area (Å²) in [4.78, 5) is 12.0. The van der Waals surface area contributed by atoms with Crippen LogP contribution in [0.3, 0.4) is 0 Å². The summed E-state index contributed by atoms with van der Waals surface area (Å²) in [5, 5.41) is 1.54. The van der Waals surface area contributed by atoms with E-state index in [2.05, 4.69) is 0 Å². The van der Waals surface area contributed by atoms with Gasteiger partial charge >= 0.3 is 5.97 Å². The molecule has 3 nitrogen and oxygen atoms in total. The number of furan rings is 1. The summed E-state index contributed by atoms with van der Waals surface area (Å²) in [5.41, 5.74) is 2.72. The zero-order chi connectivity index (χ0) is 14.8. The van der Waals surface area contributed by atoms with Crippen LogP contribution in [-0.2, 0) is 11.2 Å². The van der Waals surface area contributed by atoms with E-state index in [0.29, 0.717) is 10.8 Å². The molecule has 2 aromatic carbocycles. The van der Waals surface area contributed by atoms with E-state index in [1.807, 2.05) is 25.1 Å². The average molecular weight is 301 g/mol. The summed E-state index contributed by atoms with van der Waals surface area (Å²) in [7, 11) is 0. The van der Waals surface area contributed by atoms with Crippen molar-refractivity contribution in [2.24, 2.45) is 0 Å². The fraction of sp³-hybridized carbons (Fsp3) is 0.118. The molecule has 0 radical (unpaired) electrons. The average Bonchev–Trinajstić information content (AvgIpc) is 2.83. The third kappa shape index (κ3) is 3.09. The lowest BCUT2D eigenvalue weighted by atomic mass is 10.1. The number of hydrogen-bond acceptors (Lipinski definition) is 3. The number of esters is 1. The first-order chi connectivity index (χ1) is 10.1. The van der Waals surface area contributed by atoms with Crippen LogP contribution in [0.15, 0.2) is 53.1 Å². The molecule has 0 aliphatic heterocycles. The van der Waals surface area contributed by atoms with Crippen LogP contribution in [0.1, 0.15) is 11.1 Å². The van der Waals surface area contributed by atoms with Gasteiger partial charge in [0.15, 0.2) is 0 Å². The number of halogens is 1. The number of benzene rings is 2. The van der Waals surface area contributed by atoms with E-state index in [-0.39, 0.29) is 12.4 Å². The largest absolute Gasteiger partial charge is 0.464 e. The maximum Gasteiger partial charge on any atom is 0.315 e. The highest BCUT2D eigenvalue weighted by Crippen LogP contribution is 2.23. The van der Waals surface area contributed by atoms with Crippen molar-refractivity contribution in [2.45, 2.75) is 13.3 Å². The van der Waals surface area contributed by atoms with Crippen molar-refractivity contribution < 1.29 is 13.9 Å². The van der Waals surface area contributed by atoms with Gasteiger partial charge in [0, 0.05) is 16.0 Å². The maximum atomic E-state index is 12.0. The Kier molecular flexibility index (Phi) is 3.67. The molecule has 0 spiro atoms. The second kappa shape index (κ2) is 5.62. The number of carbonyl (C=O) groups is 1. The molecule has 3 aromatic rings. The summed E-state index contributed by atoms with van der Waals surface area (Å²) in [6.45, 7) is 2.00. The van der Waals surface area contributed by atoms with Crippen molar-refractivity contribution in [1.29, 1.82) is 0 Å². The predicted octanol–water partition coefficient (Wildman–Crippen LogP) is 4.54. The lowest BCUT2D eigenvalue weighted by Crippen LogP contribution is -2.10. The molecule has 0 aliphatic carbocycles. The molecule has 0 bridgehead atoms. The third-order valence-electron chi connectivity index (χ3n) is 3.19. The fourth-order valence-corrected chi connectivity index (χ4v) is 2.28. The Morgan fingerprint density at radius 3 is 2.71 bits per heavy atom. The van der Waals surface area contributed by atoms with Gasteiger partial charge in [-0.1, -0.05) is 23.7 Å². The molecule has 1 heterocycles. The second-order valence-electron chi connectivity index (χ2n) is 4.87. The summed E-state index contributed by atoms with van der Waals surface area (Å²) in [5.74, 6) is 0.147. The van der Waals surface area contributed by atoms with E-state index in [4.69, 9.17) is 20.8 Å². The zero-order valence-electron chi connectivity index (χ0n) is 11.4. The highest BCUT2D eigenvalue weighted by atomic mass is 35.5. The van der Waals surface area contributed by atoms with Crippen LogP contribution in [0.25, 0.3) is 11.0 Å². The van der Waals surface area contributed by atoms with Gasteiger partial charge < -0.3 is 9.15 Å². The standard InChI is InChI=1S/C17H13ClO3/c1-11-2-7-15-12(10-20-16(15)8-11)9-17(19)21-14-5-3-13(18)4-6-14/h2-8,10H,9H2,1H3. The van der Waals surface area contributed by atoms with Gasteiger partial charge in [-0.3, -0.25) is 4.79 Å². The third-order valence-corrected chi connectivity index (χ3v) is 3.44. The Labute approximate surface area is 127 Å². The number of hydrogen-bond donors (Lipinski definition) is 0. The van der Waals surface area contributed by atoms with E-state index in [0.717, 1.165) is 22.1 Å². The van der Waals surface area contributed by atoms with E-state index >= 15 is 0 Å². The number of rotatable bonds is 3. The van der Waals surface area contributed by atoms with E-state index < -0.39 is 0 Å². The number of fused-ring (bicyclic) bond motifs is 1. The molecule has 3 rings (SSSR count). The van der Waals surface area contributed by atoms with Gasteiger partial charge in [-0.2, -0.15) is 0 Å². The Morgan fingerprint density at radius 1 is 1.19 bits per heavy atom. The molecule has 0 fully saturated rings. The Balaban J connectivity index is 1.75. The van der Waals surface area contributed by atoms with E-state index in [1.165, 1.54) is 0 Å². The van der Waals surface area contributed by atoms with Crippen LogP contribution < -0.4 is 4.74 Å². The van der Waals surface area contributed by atoms with E-state index in [9.17, 15) is 4.79 Å². The molecular weight excluding hydrogens is 288 g/mol. The number of carbonyl (C=O) groups excluding carboxylic acids is 1. The first-order valence-corrected chi connectivity index (χ1v) is 6.92. The Hall–Kier alpha value is -2.26. The second-order valence-corrected chi connectivity index (χ2v) is 5.30. The molecule has 0 aliphatic rings. The molecule has 4 heteroatoms. The smallest absolute Gasteiger partial charge is 0.315 e. The quantitative estimate of drug-likeness (QED) is 0.526. The number of ether oxygens (including phenoxy) is 1.